The largest absolute Gasteiger partial charge is 0.379 e. The van der Waals surface area contributed by atoms with Crippen LogP contribution in [-0.4, -0.2) is 74.7 Å². The maximum atomic E-state index is 11.9. The van der Waals surface area contributed by atoms with E-state index in [0.717, 1.165) is 64.7 Å². The molecule has 0 aliphatic carbocycles. The minimum absolute atomic E-state index is 0.171. The summed E-state index contributed by atoms with van der Waals surface area (Å²) in [5.41, 5.74) is 0. The fourth-order valence-electron chi connectivity index (χ4n) is 2.87. The summed E-state index contributed by atoms with van der Waals surface area (Å²) in [7, 11) is 0. The number of amides is 1. The van der Waals surface area contributed by atoms with Crippen LogP contribution in [0.4, 0.5) is 0 Å². The van der Waals surface area contributed by atoms with Gasteiger partial charge in [-0.2, -0.15) is 0 Å². The third kappa shape index (κ3) is 4.78. The molecule has 0 saturated carbocycles. The number of rotatable bonds is 5. The van der Waals surface area contributed by atoms with E-state index in [1.165, 1.54) is 0 Å². The molecule has 0 aromatic carbocycles. The van der Waals surface area contributed by atoms with Gasteiger partial charge in [-0.05, 0) is 18.8 Å². The van der Waals surface area contributed by atoms with E-state index in [1.54, 1.807) is 0 Å². The Labute approximate surface area is 121 Å². The van der Waals surface area contributed by atoms with Crippen LogP contribution in [0.2, 0.25) is 0 Å². The van der Waals surface area contributed by atoms with E-state index in [4.69, 9.17) is 11.2 Å². The maximum Gasteiger partial charge on any atom is 0.236 e. The van der Waals surface area contributed by atoms with Gasteiger partial charge in [-0.1, -0.05) is 5.92 Å². The number of nitrogens with one attached hydrogen (secondary N) is 1. The molecular formula is C15H25N3O2. The molecule has 2 rings (SSSR count). The molecule has 2 saturated heterocycles. The van der Waals surface area contributed by atoms with Crippen LogP contribution in [0, 0.1) is 18.3 Å². The maximum absolute atomic E-state index is 11.9. The first-order chi connectivity index (χ1) is 9.79. The van der Waals surface area contributed by atoms with Gasteiger partial charge in [-0.25, -0.2) is 0 Å². The predicted molar refractivity (Wildman–Crippen MR) is 78.3 cm³/mol. The quantitative estimate of drug-likeness (QED) is 0.558. The summed E-state index contributed by atoms with van der Waals surface area (Å²) in [6.07, 6.45) is 7.37. The number of carbonyl (C=O) groups is 1. The Morgan fingerprint density at radius 3 is 2.60 bits per heavy atom. The van der Waals surface area contributed by atoms with Crippen molar-refractivity contribution in [2.45, 2.75) is 12.8 Å². The molecule has 0 unspecified atom stereocenters. The van der Waals surface area contributed by atoms with Crippen molar-refractivity contribution in [1.82, 2.24) is 15.1 Å². The minimum Gasteiger partial charge on any atom is -0.379 e. The van der Waals surface area contributed by atoms with Gasteiger partial charge in [-0.3, -0.25) is 15.0 Å². The number of ether oxygens (including phenoxy) is 1. The normalized spacial score (nSPS) is 21.6. The fraction of sp³-hybridized carbons (Fsp3) is 0.800. The summed E-state index contributed by atoms with van der Waals surface area (Å²) < 4.78 is 5.37. The molecule has 20 heavy (non-hydrogen) atoms. The molecule has 112 valence electrons. The Bertz CT molecular complexity index is 340. The van der Waals surface area contributed by atoms with Gasteiger partial charge >= 0.3 is 0 Å². The highest BCUT2D eigenvalue weighted by Crippen LogP contribution is 2.18. The third-order valence-electron chi connectivity index (χ3n) is 4.09. The SMILES string of the molecule is C#CCNCC(=O)N1CCC(CN2CCOCC2)CC1. The van der Waals surface area contributed by atoms with Gasteiger partial charge in [0, 0.05) is 32.7 Å². The molecule has 0 aromatic heterocycles. The zero-order valence-electron chi connectivity index (χ0n) is 12.1. The highest BCUT2D eigenvalue weighted by Gasteiger charge is 2.24. The number of carbonyl (C=O) groups excluding carboxylic acids is 1. The second kappa shape index (κ2) is 8.25. The molecule has 2 fully saturated rings. The van der Waals surface area contributed by atoms with E-state index in [0.29, 0.717) is 13.1 Å². The van der Waals surface area contributed by atoms with Crippen LogP contribution in [0.3, 0.4) is 0 Å². The first-order valence-corrected chi connectivity index (χ1v) is 7.51. The molecule has 5 nitrogen and oxygen atoms in total. The van der Waals surface area contributed by atoms with Gasteiger partial charge in [0.1, 0.15) is 0 Å². The lowest BCUT2D eigenvalue weighted by Crippen LogP contribution is -2.46. The van der Waals surface area contributed by atoms with Crippen molar-refractivity contribution in [1.29, 1.82) is 0 Å². The predicted octanol–water partition coefficient (Wildman–Crippen LogP) is -0.220. The van der Waals surface area contributed by atoms with E-state index in [9.17, 15) is 4.79 Å². The number of nitrogens with zero attached hydrogens (tertiary/aromatic N) is 2. The van der Waals surface area contributed by atoms with Crippen LogP contribution in [0.25, 0.3) is 0 Å². The molecule has 2 aliphatic rings. The Morgan fingerprint density at radius 1 is 1.25 bits per heavy atom. The topological polar surface area (TPSA) is 44.8 Å². The van der Waals surface area contributed by atoms with Gasteiger partial charge in [0.25, 0.3) is 0 Å². The smallest absolute Gasteiger partial charge is 0.236 e. The van der Waals surface area contributed by atoms with E-state index in [1.807, 2.05) is 4.90 Å². The number of morpholine rings is 1. The molecule has 0 bridgehead atoms. The molecule has 0 spiro atoms. The summed E-state index contributed by atoms with van der Waals surface area (Å²) in [5, 5.41) is 2.96. The number of hydrogen-bond acceptors (Lipinski definition) is 4. The summed E-state index contributed by atoms with van der Waals surface area (Å²) in [6.45, 7) is 7.55. The van der Waals surface area contributed by atoms with Gasteiger partial charge in [0.2, 0.25) is 5.91 Å². The minimum atomic E-state index is 0.171. The number of likely N-dealkylation sites (tertiary alicyclic amines) is 1. The first-order valence-electron chi connectivity index (χ1n) is 7.51. The highest BCUT2D eigenvalue weighted by atomic mass is 16.5. The monoisotopic (exact) mass is 279 g/mol. The third-order valence-corrected chi connectivity index (χ3v) is 4.09. The summed E-state index contributed by atoms with van der Waals surface area (Å²) >= 11 is 0. The van der Waals surface area contributed by atoms with E-state index >= 15 is 0 Å². The average molecular weight is 279 g/mol. The van der Waals surface area contributed by atoms with Crippen molar-refractivity contribution in [2.24, 2.45) is 5.92 Å². The van der Waals surface area contributed by atoms with Crippen molar-refractivity contribution in [3.8, 4) is 12.3 Å². The van der Waals surface area contributed by atoms with Gasteiger partial charge in [-0.15, -0.1) is 6.42 Å². The zero-order valence-corrected chi connectivity index (χ0v) is 12.1. The Kier molecular flexibility index (Phi) is 6.31. The van der Waals surface area contributed by atoms with Crippen molar-refractivity contribution < 1.29 is 9.53 Å². The molecule has 0 aromatic rings. The van der Waals surface area contributed by atoms with Crippen molar-refractivity contribution in [3.05, 3.63) is 0 Å². The van der Waals surface area contributed by atoms with Crippen molar-refractivity contribution >= 4 is 5.91 Å². The fourth-order valence-corrected chi connectivity index (χ4v) is 2.87. The Morgan fingerprint density at radius 2 is 1.95 bits per heavy atom. The number of hydrogen-bond donors (Lipinski definition) is 1. The second-order valence-corrected chi connectivity index (χ2v) is 5.54. The lowest BCUT2D eigenvalue weighted by Gasteiger charge is -2.36. The van der Waals surface area contributed by atoms with Gasteiger partial charge in [0.05, 0.1) is 26.3 Å². The second-order valence-electron chi connectivity index (χ2n) is 5.54. The standard InChI is InChI=1S/C15H25N3O2/c1-2-5-16-12-15(19)18-6-3-14(4-7-18)13-17-8-10-20-11-9-17/h1,14,16H,3-13H2. The average Bonchev–Trinajstić information content (AvgIpc) is 2.49. The number of terminal acetylenes is 1. The highest BCUT2D eigenvalue weighted by molar-refractivity contribution is 5.78. The summed E-state index contributed by atoms with van der Waals surface area (Å²) in [6, 6.07) is 0. The van der Waals surface area contributed by atoms with Crippen LogP contribution in [0.5, 0.6) is 0 Å². The molecular weight excluding hydrogens is 254 g/mol. The van der Waals surface area contributed by atoms with Gasteiger partial charge < -0.3 is 9.64 Å². The van der Waals surface area contributed by atoms with Crippen LogP contribution in [-0.2, 0) is 9.53 Å². The number of piperidine rings is 1. The molecule has 5 heteroatoms. The Hall–Kier alpha value is -1.09. The zero-order chi connectivity index (χ0) is 14.2. The van der Waals surface area contributed by atoms with Gasteiger partial charge in [0.15, 0.2) is 0 Å². The van der Waals surface area contributed by atoms with Crippen LogP contribution in [0.15, 0.2) is 0 Å². The molecule has 2 heterocycles. The summed E-state index contributed by atoms with van der Waals surface area (Å²) in [5.74, 6) is 3.37. The lowest BCUT2D eigenvalue weighted by atomic mass is 9.96. The van der Waals surface area contributed by atoms with E-state index < -0.39 is 0 Å². The molecule has 0 atom stereocenters. The van der Waals surface area contributed by atoms with Crippen molar-refractivity contribution in [2.75, 3.05) is 59.0 Å². The molecule has 1 amide bonds. The van der Waals surface area contributed by atoms with Crippen LogP contribution < -0.4 is 5.32 Å². The van der Waals surface area contributed by atoms with E-state index in [2.05, 4.69) is 16.1 Å². The first kappa shape index (κ1) is 15.3. The van der Waals surface area contributed by atoms with Crippen molar-refractivity contribution in [3.63, 3.8) is 0 Å². The molecule has 0 radical (unpaired) electrons. The summed E-state index contributed by atoms with van der Waals surface area (Å²) in [4.78, 5) is 16.4. The molecule has 2 aliphatic heterocycles. The van der Waals surface area contributed by atoms with Crippen LogP contribution in [0.1, 0.15) is 12.8 Å². The lowest BCUT2D eigenvalue weighted by molar-refractivity contribution is -0.131. The van der Waals surface area contributed by atoms with Crippen LogP contribution >= 0.6 is 0 Å². The molecule has 1 N–H and O–H groups in total. The van der Waals surface area contributed by atoms with E-state index in [-0.39, 0.29) is 5.91 Å². The Balaban J connectivity index is 1.64.